The lowest BCUT2D eigenvalue weighted by atomic mass is 10.1. The molecule has 2 fully saturated rings. The smallest absolute Gasteiger partial charge is 0.407 e. The van der Waals surface area contributed by atoms with Crippen LogP contribution in [0.25, 0.3) is 22.4 Å². The molecule has 1 N–H and O–H groups in total. The molecule has 2 aliphatic rings. The van der Waals surface area contributed by atoms with E-state index in [0.717, 1.165) is 24.2 Å². The lowest BCUT2D eigenvalue weighted by Gasteiger charge is -2.35. The summed E-state index contributed by atoms with van der Waals surface area (Å²) in [5.41, 5.74) is 2.34. The van der Waals surface area contributed by atoms with Crippen LogP contribution in [0.3, 0.4) is 0 Å². The van der Waals surface area contributed by atoms with Crippen LogP contribution >= 0.6 is 0 Å². The molecule has 1 amide bonds. The van der Waals surface area contributed by atoms with E-state index in [2.05, 4.69) is 18.7 Å². The molecule has 5 rings (SSSR count). The Morgan fingerprint density at radius 2 is 1.85 bits per heavy atom. The Morgan fingerprint density at radius 1 is 1.10 bits per heavy atom. The number of hydrogen-bond donors (Lipinski definition) is 1. The van der Waals surface area contributed by atoms with E-state index >= 15 is 0 Å². The second-order valence-corrected chi connectivity index (χ2v) is 10.4. The maximum absolute atomic E-state index is 12.3. The number of methoxy groups -OCH3 is 2. The fourth-order valence-electron chi connectivity index (χ4n) is 5.84. The molecular weight excluding hydrogens is 502 g/mol. The summed E-state index contributed by atoms with van der Waals surface area (Å²) < 4.78 is 18.7. The van der Waals surface area contributed by atoms with Gasteiger partial charge in [0.25, 0.3) is 0 Å². The summed E-state index contributed by atoms with van der Waals surface area (Å²) in [6, 6.07) is 8.16. The first kappa shape index (κ1) is 26.7. The molecule has 39 heavy (non-hydrogen) atoms. The molecule has 0 spiro atoms. The van der Waals surface area contributed by atoms with Crippen molar-refractivity contribution in [3.8, 4) is 17.1 Å². The number of rotatable bonds is 6. The minimum absolute atomic E-state index is 0.225. The summed E-state index contributed by atoms with van der Waals surface area (Å²) in [6.45, 7) is 7.17. The maximum atomic E-state index is 12.3. The number of benzene rings is 1. The van der Waals surface area contributed by atoms with E-state index in [4.69, 9.17) is 24.2 Å². The predicted octanol–water partition coefficient (Wildman–Crippen LogP) is 4.04. The van der Waals surface area contributed by atoms with Crippen LogP contribution < -0.4 is 9.64 Å². The van der Waals surface area contributed by atoms with Gasteiger partial charge in [-0.1, -0.05) is 0 Å². The average molecular weight is 538 g/mol. The number of nitrogens with zero attached hydrogens (tertiary/aromatic N) is 5. The number of ether oxygens (including phenoxy) is 3. The minimum Gasteiger partial charge on any atom is -0.494 e. The first-order chi connectivity index (χ1) is 18.7. The van der Waals surface area contributed by atoms with Gasteiger partial charge in [0.05, 0.1) is 57.1 Å². The van der Waals surface area contributed by atoms with Crippen LogP contribution in [0.2, 0.25) is 0 Å². The largest absolute Gasteiger partial charge is 0.494 e. The number of amides is 1. The molecular formula is C28H35N5O6. The Kier molecular flexibility index (Phi) is 7.35. The fraction of sp³-hybridized carbons (Fsp3) is 0.500. The average Bonchev–Trinajstić information content (AvgIpc) is 3.46. The monoisotopic (exact) mass is 537 g/mol. The lowest BCUT2D eigenvalue weighted by Crippen LogP contribution is -2.50. The number of anilines is 1. The second-order valence-electron chi connectivity index (χ2n) is 10.4. The van der Waals surface area contributed by atoms with E-state index in [9.17, 15) is 14.7 Å². The fourth-order valence-corrected chi connectivity index (χ4v) is 5.84. The molecule has 2 aromatic heterocycles. The number of aromatic nitrogens is 3. The third kappa shape index (κ3) is 5.10. The molecule has 0 bridgehead atoms. The molecule has 0 radical (unpaired) electrons. The first-order valence-electron chi connectivity index (χ1n) is 13.2. The SMILES string of the molecule is COC(=O)c1cc(OC)c2c(c1)nc(-c1ccc(N3[C@@H](C)CC[C@@H]3C)nc1)n2C[C@@H]1CN(C(=O)O)C[C@H](C)O1. The van der Waals surface area contributed by atoms with Crippen LogP contribution in [0.15, 0.2) is 30.5 Å². The molecule has 208 valence electrons. The van der Waals surface area contributed by atoms with Crippen LogP contribution in [0, 0.1) is 0 Å². The molecule has 4 atom stereocenters. The van der Waals surface area contributed by atoms with Gasteiger partial charge in [-0.3, -0.25) is 0 Å². The van der Waals surface area contributed by atoms with Gasteiger partial charge in [-0.05, 0) is 57.9 Å². The van der Waals surface area contributed by atoms with Crippen molar-refractivity contribution in [2.75, 3.05) is 32.2 Å². The van der Waals surface area contributed by atoms with Crippen molar-refractivity contribution in [3.05, 3.63) is 36.0 Å². The number of carboxylic acid groups (broad SMARTS) is 1. The molecule has 2 aliphatic heterocycles. The zero-order chi connectivity index (χ0) is 27.8. The summed E-state index contributed by atoms with van der Waals surface area (Å²) in [6.07, 6.45) is 2.44. The third-order valence-corrected chi connectivity index (χ3v) is 7.65. The number of esters is 1. The molecule has 1 aromatic carbocycles. The number of pyridine rings is 1. The summed E-state index contributed by atoms with van der Waals surface area (Å²) >= 11 is 0. The molecule has 0 unspecified atom stereocenters. The van der Waals surface area contributed by atoms with Gasteiger partial charge in [0.2, 0.25) is 0 Å². The normalized spacial score (nSPS) is 23.3. The highest BCUT2D eigenvalue weighted by Crippen LogP contribution is 2.35. The molecule has 2 saturated heterocycles. The van der Waals surface area contributed by atoms with Gasteiger partial charge < -0.3 is 33.7 Å². The molecule has 4 heterocycles. The zero-order valence-corrected chi connectivity index (χ0v) is 23.0. The minimum atomic E-state index is -0.976. The molecule has 11 heteroatoms. The Bertz CT molecular complexity index is 1360. The maximum Gasteiger partial charge on any atom is 0.407 e. The highest BCUT2D eigenvalue weighted by Gasteiger charge is 2.31. The van der Waals surface area contributed by atoms with Crippen LogP contribution in [-0.2, 0) is 16.0 Å². The van der Waals surface area contributed by atoms with Crippen LogP contribution in [0.1, 0.15) is 44.0 Å². The highest BCUT2D eigenvalue weighted by molar-refractivity contribution is 5.97. The van der Waals surface area contributed by atoms with E-state index in [1.165, 1.54) is 19.1 Å². The molecule has 0 saturated carbocycles. The van der Waals surface area contributed by atoms with Crippen molar-refractivity contribution in [1.29, 1.82) is 0 Å². The first-order valence-corrected chi connectivity index (χ1v) is 13.2. The van der Waals surface area contributed by atoms with E-state index in [1.807, 2.05) is 29.8 Å². The van der Waals surface area contributed by atoms with E-state index < -0.39 is 18.2 Å². The number of morpholine rings is 1. The highest BCUT2D eigenvalue weighted by atomic mass is 16.5. The van der Waals surface area contributed by atoms with E-state index in [0.29, 0.717) is 53.3 Å². The van der Waals surface area contributed by atoms with Crippen molar-refractivity contribution in [3.63, 3.8) is 0 Å². The van der Waals surface area contributed by atoms with Crippen molar-refractivity contribution < 1.29 is 28.9 Å². The number of fused-ring (bicyclic) bond motifs is 1. The standard InChI is InChI=1S/C28H35N5O6/c1-16-6-7-17(2)33(16)24-9-8-19(12-29-24)26-30-22-10-20(27(34)38-5)11-23(37-4)25(22)32(26)15-21-14-31(28(35)36)13-18(3)39-21/h8-12,16-18,21H,6-7,13-15H2,1-5H3,(H,35,36)/t16-,17-,18-,21-/m0/s1. The zero-order valence-electron chi connectivity index (χ0n) is 23.0. The summed E-state index contributed by atoms with van der Waals surface area (Å²) in [5.74, 6) is 1.50. The van der Waals surface area contributed by atoms with Crippen LogP contribution in [-0.4, -0.2) is 88.2 Å². The van der Waals surface area contributed by atoms with Gasteiger partial charge in [-0.2, -0.15) is 0 Å². The molecule has 0 aliphatic carbocycles. The van der Waals surface area contributed by atoms with Crippen LogP contribution in [0.5, 0.6) is 5.75 Å². The topological polar surface area (TPSA) is 119 Å². The molecule has 3 aromatic rings. The Labute approximate surface area is 227 Å². The van der Waals surface area contributed by atoms with Crippen molar-refractivity contribution in [1.82, 2.24) is 19.4 Å². The van der Waals surface area contributed by atoms with Gasteiger partial charge in [0.1, 0.15) is 22.9 Å². The van der Waals surface area contributed by atoms with Crippen LogP contribution in [0.4, 0.5) is 10.6 Å². The van der Waals surface area contributed by atoms with Crippen molar-refractivity contribution >= 4 is 28.9 Å². The quantitative estimate of drug-likeness (QED) is 0.465. The number of hydrogen-bond acceptors (Lipinski definition) is 8. The Hall–Kier alpha value is -3.86. The van der Waals surface area contributed by atoms with Gasteiger partial charge >= 0.3 is 12.1 Å². The second kappa shape index (κ2) is 10.7. The number of imidazole rings is 1. The van der Waals surface area contributed by atoms with Gasteiger partial charge in [0, 0.05) is 23.8 Å². The van der Waals surface area contributed by atoms with Gasteiger partial charge in [-0.15, -0.1) is 0 Å². The third-order valence-electron chi connectivity index (χ3n) is 7.65. The Morgan fingerprint density at radius 3 is 2.46 bits per heavy atom. The number of carbonyl (C=O) groups is 2. The lowest BCUT2D eigenvalue weighted by molar-refractivity contribution is -0.0746. The Balaban J connectivity index is 1.60. The summed E-state index contributed by atoms with van der Waals surface area (Å²) in [4.78, 5) is 37.5. The van der Waals surface area contributed by atoms with Gasteiger partial charge in [0.15, 0.2) is 0 Å². The predicted molar refractivity (Wildman–Crippen MR) is 145 cm³/mol. The van der Waals surface area contributed by atoms with E-state index in [1.54, 1.807) is 12.1 Å². The van der Waals surface area contributed by atoms with Gasteiger partial charge in [-0.25, -0.2) is 19.6 Å². The summed E-state index contributed by atoms with van der Waals surface area (Å²) in [7, 11) is 2.86. The number of carbonyl (C=O) groups excluding carboxylic acids is 1. The van der Waals surface area contributed by atoms with E-state index in [-0.39, 0.29) is 12.6 Å². The van der Waals surface area contributed by atoms with Crippen molar-refractivity contribution in [2.24, 2.45) is 0 Å². The van der Waals surface area contributed by atoms with Crippen molar-refractivity contribution in [2.45, 2.75) is 64.4 Å². The summed E-state index contributed by atoms with van der Waals surface area (Å²) in [5, 5.41) is 9.62. The molecule has 11 nitrogen and oxygen atoms in total.